The fraction of sp³-hybridized carbons (Fsp3) is 0.200. The van der Waals surface area contributed by atoms with Gasteiger partial charge in [-0.05, 0) is 0 Å². The van der Waals surface area contributed by atoms with E-state index < -0.39 is 0 Å². The molecule has 0 nitrogen and oxygen atoms in total. The number of thioether (sulfide) groups is 4. The van der Waals surface area contributed by atoms with E-state index in [1.54, 1.807) is 0 Å². The first kappa shape index (κ1) is 12.3. The summed E-state index contributed by atoms with van der Waals surface area (Å²) in [5.74, 6) is 0. The van der Waals surface area contributed by atoms with Crippen LogP contribution in [0.5, 0.6) is 0 Å². The van der Waals surface area contributed by atoms with Crippen molar-refractivity contribution in [2.24, 2.45) is 0 Å². The monoisotopic (exact) mass is 338 g/mol. The van der Waals surface area contributed by atoms with Crippen molar-refractivity contribution in [1.29, 1.82) is 0 Å². The summed E-state index contributed by atoms with van der Waals surface area (Å²) in [4.78, 5) is 4.57. The van der Waals surface area contributed by atoms with Crippen LogP contribution in [0.15, 0.2) is 40.4 Å². The van der Waals surface area contributed by atoms with Gasteiger partial charge in [0.05, 0.1) is 0 Å². The number of hydrogen-bond donors (Lipinski definition) is 0. The molecular weight excluding hydrogens is 327 g/mol. The summed E-state index contributed by atoms with van der Waals surface area (Å²) in [6.07, 6.45) is 8.83. The topological polar surface area (TPSA) is 0 Å². The molecule has 0 radical (unpaired) electrons. The molecule has 0 bridgehead atoms. The zero-order valence-electron chi connectivity index (χ0n) is 8.35. The van der Waals surface area contributed by atoms with Gasteiger partial charge in [-0.15, -0.1) is 0 Å². The minimum atomic E-state index is 0.579. The fourth-order valence-corrected chi connectivity index (χ4v) is 7.23. The molecule has 0 amide bonds. The van der Waals surface area contributed by atoms with E-state index in [1.807, 2.05) is 47.0 Å². The minimum absolute atomic E-state index is 0.579. The Morgan fingerprint density at radius 3 is 2.00 bits per heavy atom. The third-order valence-corrected chi connectivity index (χ3v) is 8.31. The molecule has 0 N–H and O–H groups in total. The summed E-state index contributed by atoms with van der Waals surface area (Å²) < 4.78 is 4.34. The Labute approximate surface area is 114 Å². The number of hydrogen-bond acceptors (Lipinski definition) is 4. The van der Waals surface area contributed by atoms with Crippen LogP contribution < -0.4 is 0 Å². The normalized spacial score (nSPS) is 20.7. The predicted octanol–water partition coefficient (Wildman–Crippen LogP) is 4.28. The third kappa shape index (κ3) is 2.96. The average Bonchev–Trinajstić information content (AvgIpc) is 2.73. The Kier molecular flexibility index (Phi) is 4.93. The van der Waals surface area contributed by atoms with E-state index in [-0.39, 0.29) is 0 Å². The quantitative estimate of drug-likeness (QED) is 0.690. The van der Waals surface area contributed by atoms with Crippen molar-refractivity contribution in [2.75, 3.05) is 12.5 Å². The summed E-state index contributed by atoms with van der Waals surface area (Å²) in [7, 11) is 0. The van der Waals surface area contributed by atoms with Crippen molar-refractivity contribution in [3.8, 4) is 0 Å². The Morgan fingerprint density at radius 2 is 1.53 bits per heavy atom. The van der Waals surface area contributed by atoms with Gasteiger partial charge >= 0.3 is 115 Å². The third-order valence-electron chi connectivity index (χ3n) is 1.80. The van der Waals surface area contributed by atoms with Gasteiger partial charge in [-0.3, -0.25) is 0 Å². The van der Waals surface area contributed by atoms with Crippen molar-refractivity contribution in [3.63, 3.8) is 0 Å². The molecule has 0 atom stereocenters. The van der Waals surface area contributed by atoms with E-state index in [9.17, 15) is 0 Å². The standard InChI is InChI=1S/C10H10S4Se/c1-11-9-10(12-2)14-8(13-9)7-3-5-15-6-4-7/h3-6H,1-2H3. The zero-order chi connectivity index (χ0) is 10.7. The molecule has 15 heavy (non-hydrogen) atoms. The van der Waals surface area contributed by atoms with E-state index in [0.717, 1.165) is 0 Å². The summed E-state index contributed by atoms with van der Waals surface area (Å²) in [5, 5.41) is 0. The van der Waals surface area contributed by atoms with Crippen molar-refractivity contribution < 1.29 is 0 Å². The molecule has 2 aliphatic heterocycles. The van der Waals surface area contributed by atoms with Crippen LogP contribution in [0.1, 0.15) is 0 Å². The predicted molar refractivity (Wildman–Crippen MR) is 80.3 cm³/mol. The van der Waals surface area contributed by atoms with Crippen LogP contribution in [0.2, 0.25) is 0 Å². The van der Waals surface area contributed by atoms with Gasteiger partial charge < -0.3 is 0 Å². The second-order valence-electron chi connectivity index (χ2n) is 2.67. The molecule has 2 aliphatic rings. The summed E-state index contributed by atoms with van der Waals surface area (Å²) in [5.41, 5.74) is 1.38. The van der Waals surface area contributed by atoms with Crippen molar-refractivity contribution in [2.45, 2.75) is 0 Å². The summed E-state index contributed by atoms with van der Waals surface area (Å²) in [6.45, 7) is 0. The molecule has 0 unspecified atom stereocenters. The second kappa shape index (κ2) is 5.99. The Hall–Kier alpha value is 0.879. The Morgan fingerprint density at radius 1 is 1.00 bits per heavy atom. The van der Waals surface area contributed by atoms with Crippen molar-refractivity contribution >= 4 is 62.0 Å². The summed E-state index contributed by atoms with van der Waals surface area (Å²) >= 11 is 8.13. The number of allylic oxidation sites excluding steroid dienone is 3. The zero-order valence-corrected chi connectivity index (χ0v) is 13.3. The van der Waals surface area contributed by atoms with Gasteiger partial charge in [0.15, 0.2) is 0 Å². The van der Waals surface area contributed by atoms with Gasteiger partial charge in [0.2, 0.25) is 0 Å². The molecule has 0 saturated carbocycles. The molecule has 0 aromatic rings. The van der Waals surface area contributed by atoms with Crippen LogP contribution in [-0.4, -0.2) is 27.5 Å². The Bertz CT molecular complexity index is 347. The first-order valence-corrected chi connectivity index (χ1v) is 10.3. The molecule has 2 heterocycles. The van der Waals surface area contributed by atoms with E-state index in [0.29, 0.717) is 15.0 Å². The second-order valence-corrected chi connectivity index (χ2v) is 8.83. The van der Waals surface area contributed by atoms with Gasteiger partial charge in [-0.2, -0.15) is 0 Å². The molecule has 0 aromatic heterocycles. The molecule has 0 spiro atoms. The van der Waals surface area contributed by atoms with Gasteiger partial charge in [-0.25, -0.2) is 0 Å². The van der Waals surface area contributed by atoms with Crippen LogP contribution in [0.25, 0.3) is 0 Å². The van der Waals surface area contributed by atoms with Gasteiger partial charge in [-0.1, -0.05) is 0 Å². The fourth-order valence-electron chi connectivity index (χ4n) is 1.10. The molecular formula is C10H10S4Se. The number of rotatable bonds is 2. The van der Waals surface area contributed by atoms with Crippen molar-refractivity contribution in [1.82, 2.24) is 0 Å². The molecule has 2 rings (SSSR count). The van der Waals surface area contributed by atoms with Crippen LogP contribution >= 0.6 is 47.0 Å². The Balaban J connectivity index is 2.21. The molecule has 0 fully saturated rings. The maximum absolute atomic E-state index is 2.28. The molecule has 5 heteroatoms. The first-order valence-electron chi connectivity index (χ1n) is 4.26. The maximum atomic E-state index is 2.28. The van der Waals surface area contributed by atoms with Crippen LogP contribution in [0, 0.1) is 0 Å². The molecule has 80 valence electrons. The van der Waals surface area contributed by atoms with Crippen LogP contribution in [0.3, 0.4) is 0 Å². The van der Waals surface area contributed by atoms with Gasteiger partial charge in [0, 0.05) is 0 Å². The average molecular weight is 337 g/mol. The van der Waals surface area contributed by atoms with Crippen molar-refractivity contribution in [3.05, 3.63) is 40.4 Å². The van der Waals surface area contributed by atoms with E-state index in [4.69, 9.17) is 0 Å². The SMILES string of the molecule is CSC1=C(SC)SC(=C2C=C[Se]C=C2)S1. The van der Waals surface area contributed by atoms with E-state index >= 15 is 0 Å². The van der Waals surface area contributed by atoms with Gasteiger partial charge in [0.1, 0.15) is 0 Å². The van der Waals surface area contributed by atoms with Crippen LogP contribution in [0.4, 0.5) is 0 Å². The van der Waals surface area contributed by atoms with E-state index in [2.05, 4.69) is 34.6 Å². The molecule has 0 aliphatic carbocycles. The van der Waals surface area contributed by atoms with E-state index in [1.165, 1.54) is 18.3 Å². The molecule has 0 aromatic carbocycles. The molecule has 0 saturated heterocycles. The van der Waals surface area contributed by atoms with Gasteiger partial charge in [0.25, 0.3) is 0 Å². The first-order chi connectivity index (χ1) is 7.35. The summed E-state index contributed by atoms with van der Waals surface area (Å²) in [6, 6.07) is 0. The van der Waals surface area contributed by atoms with Crippen LogP contribution in [-0.2, 0) is 0 Å².